The van der Waals surface area contributed by atoms with E-state index in [-0.39, 0.29) is 0 Å². The lowest BCUT2D eigenvalue weighted by Gasteiger charge is -2.08. The fourth-order valence-corrected chi connectivity index (χ4v) is 4.29. The third-order valence-corrected chi connectivity index (χ3v) is 5.94. The molecule has 0 saturated carbocycles. The predicted octanol–water partition coefficient (Wildman–Crippen LogP) is 9.04. The van der Waals surface area contributed by atoms with Gasteiger partial charge in [0.1, 0.15) is 0 Å². The maximum absolute atomic E-state index is 2.18. The molecule has 0 radical (unpaired) electrons. The molecule has 2 aromatic carbocycles. The van der Waals surface area contributed by atoms with Gasteiger partial charge in [-0.1, -0.05) is 146 Å². The lowest BCUT2D eigenvalue weighted by molar-refractivity contribution is 1.18. The van der Waals surface area contributed by atoms with E-state index in [1.165, 1.54) is 44.2 Å². The van der Waals surface area contributed by atoms with E-state index >= 15 is 0 Å². The molecule has 0 aliphatic heterocycles. The van der Waals surface area contributed by atoms with Crippen molar-refractivity contribution in [3.8, 4) is 11.1 Å². The quantitative estimate of drug-likeness (QED) is 0.233. The van der Waals surface area contributed by atoms with Crippen molar-refractivity contribution >= 4 is 22.9 Å². The number of fused-ring (bicyclic) bond motifs is 3. The maximum atomic E-state index is 2.18. The van der Waals surface area contributed by atoms with Crippen LogP contribution < -0.4 is 0 Å². The first-order valence-electron chi connectivity index (χ1n) is 11.4. The third-order valence-electron chi connectivity index (χ3n) is 5.94. The number of rotatable bonds is 0. The van der Waals surface area contributed by atoms with E-state index in [0.717, 1.165) is 6.42 Å². The van der Waals surface area contributed by atoms with Crippen molar-refractivity contribution < 1.29 is 0 Å². The number of hydrogen-bond donors (Lipinski definition) is 0. The van der Waals surface area contributed by atoms with Gasteiger partial charge in [0.25, 0.3) is 0 Å². The molecular formula is C33H26. The predicted molar refractivity (Wildman–Crippen MR) is 144 cm³/mol. The summed E-state index contributed by atoms with van der Waals surface area (Å²) >= 11 is 0. The van der Waals surface area contributed by atoms with Crippen LogP contribution in [-0.2, 0) is 0 Å². The van der Waals surface area contributed by atoms with Crippen molar-refractivity contribution in [1.82, 2.24) is 0 Å². The molecule has 0 amide bonds. The SMILES string of the molecule is C1=CC=C2C=CC=C(C=C1)C2.C1=Cc2cccc3cccc1c23.c1ccc2cccc-2cc1. The van der Waals surface area contributed by atoms with E-state index in [2.05, 4.69) is 140 Å². The van der Waals surface area contributed by atoms with Gasteiger partial charge in [-0.25, -0.2) is 0 Å². The summed E-state index contributed by atoms with van der Waals surface area (Å²) in [7, 11) is 0. The fourth-order valence-electron chi connectivity index (χ4n) is 4.29. The van der Waals surface area contributed by atoms with Crippen molar-refractivity contribution in [2.24, 2.45) is 0 Å². The van der Waals surface area contributed by atoms with Gasteiger partial charge >= 0.3 is 0 Å². The molecule has 0 spiro atoms. The van der Waals surface area contributed by atoms with Gasteiger partial charge in [0, 0.05) is 0 Å². The molecule has 5 aliphatic rings. The smallest absolute Gasteiger partial charge is 0.00258 e. The van der Waals surface area contributed by atoms with Crippen LogP contribution >= 0.6 is 0 Å². The van der Waals surface area contributed by atoms with E-state index in [9.17, 15) is 0 Å². The lowest BCUT2D eigenvalue weighted by atomic mass is 9.98. The van der Waals surface area contributed by atoms with Crippen molar-refractivity contribution in [1.29, 1.82) is 0 Å². The van der Waals surface area contributed by atoms with Gasteiger partial charge in [0.2, 0.25) is 0 Å². The summed E-state index contributed by atoms with van der Waals surface area (Å²) in [5.41, 5.74) is 8.10. The Bertz CT molecular complexity index is 1350. The zero-order valence-electron chi connectivity index (χ0n) is 18.6. The zero-order valence-corrected chi connectivity index (χ0v) is 18.6. The molecule has 2 bridgehead atoms. The molecule has 33 heavy (non-hydrogen) atoms. The Balaban J connectivity index is 0.000000104. The van der Waals surface area contributed by atoms with Crippen molar-refractivity contribution in [2.75, 3.05) is 0 Å². The highest BCUT2D eigenvalue weighted by Gasteiger charge is 2.06. The number of benzene rings is 2. The van der Waals surface area contributed by atoms with Gasteiger partial charge in [-0.3, -0.25) is 0 Å². The Hall–Kier alpha value is -4.16. The second-order valence-corrected chi connectivity index (χ2v) is 8.24. The number of hydrogen-bond acceptors (Lipinski definition) is 0. The first kappa shape index (κ1) is 20.7. The molecule has 0 heteroatoms. The van der Waals surface area contributed by atoms with Crippen LogP contribution in [0.2, 0.25) is 0 Å². The van der Waals surface area contributed by atoms with Gasteiger partial charge in [0.15, 0.2) is 0 Å². The van der Waals surface area contributed by atoms with Crippen LogP contribution in [0.1, 0.15) is 17.5 Å². The lowest BCUT2D eigenvalue weighted by Crippen LogP contribution is -1.88. The van der Waals surface area contributed by atoms with Gasteiger partial charge in [-0.15, -0.1) is 0 Å². The zero-order chi connectivity index (χ0) is 22.3. The topological polar surface area (TPSA) is 0 Å². The summed E-state index contributed by atoms with van der Waals surface area (Å²) in [5, 5.41) is 2.75. The molecule has 0 unspecified atom stereocenters. The Labute approximate surface area is 196 Å². The van der Waals surface area contributed by atoms with Crippen molar-refractivity contribution in [3.05, 3.63) is 156 Å². The highest BCUT2D eigenvalue weighted by molar-refractivity contribution is 6.04. The summed E-state index contributed by atoms with van der Waals surface area (Å²) in [5.74, 6) is 0. The molecule has 5 aliphatic carbocycles. The van der Waals surface area contributed by atoms with Gasteiger partial charge in [-0.05, 0) is 50.6 Å². The average Bonchev–Trinajstić information content (AvgIpc) is 3.42. The molecule has 0 fully saturated rings. The molecule has 0 atom stereocenters. The molecule has 0 aromatic heterocycles. The van der Waals surface area contributed by atoms with Crippen LogP contribution in [-0.4, -0.2) is 0 Å². The molecule has 158 valence electrons. The second kappa shape index (κ2) is 9.97. The van der Waals surface area contributed by atoms with Gasteiger partial charge in [0.05, 0.1) is 0 Å². The normalized spacial score (nSPS) is 14.4. The standard InChI is InChI=1S/C12H8.C11H10.C10H8/c1-3-9-4-2-6-11-8-7-10(5-1)12(9)11;1-2-5-10-7-4-8-11(9-10)6-3-1;1-2-5-9-7-4-8-10(9)6-3-1/h1-8H;1-8H,9H2;1-8H. The van der Waals surface area contributed by atoms with Crippen LogP contribution in [0.5, 0.6) is 0 Å². The summed E-state index contributed by atoms with van der Waals surface area (Å²) < 4.78 is 0. The Morgan fingerprint density at radius 1 is 0.424 bits per heavy atom. The third kappa shape index (κ3) is 5.02. The Morgan fingerprint density at radius 2 is 1.00 bits per heavy atom. The highest BCUT2D eigenvalue weighted by Crippen LogP contribution is 2.30. The average molecular weight is 423 g/mol. The first-order valence-corrected chi connectivity index (χ1v) is 11.4. The fraction of sp³-hybridized carbons (Fsp3) is 0.0303. The minimum absolute atomic E-state index is 1.08. The van der Waals surface area contributed by atoms with Crippen molar-refractivity contribution in [2.45, 2.75) is 6.42 Å². The monoisotopic (exact) mass is 422 g/mol. The van der Waals surface area contributed by atoms with Crippen LogP contribution in [0.3, 0.4) is 0 Å². The van der Waals surface area contributed by atoms with Crippen LogP contribution in [0.25, 0.3) is 34.1 Å². The van der Waals surface area contributed by atoms with Crippen LogP contribution in [0.4, 0.5) is 0 Å². The molecule has 0 saturated heterocycles. The van der Waals surface area contributed by atoms with Gasteiger partial charge < -0.3 is 0 Å². The molecule has 0 heterocycles. The summed E-state index contributed by atoms with van der Waals surface area (Å²) in [6, 6.07) is 29.6. The molecule has 7 rings (SSSR count). The Kier molecular flexibility index (Phi) is 6.26. The summed E-state index contributed by atoms with van der Waals surface area (Å²) in [6.45, 7) is 0. The summed E-state index contributed by atoms with van der Waals surface area (Å²) in [6.07, 6.45) is 22.4. The minimum atomic E-state index is 1.08. The van der Waals surface area contributed by atoms with E-state index in [0.29, 0.717) is 0 Å². The van der Waals surface area contributed by atoms with E-state index in [1.54, 1.807) is 0 Å². The molecular weight excluding hydrogens is 396 g/mol. The van der Waals surface area contributed by atoms with Crippen molar-refractivity contribution in [3.63, 3.8) is 0 Å². The van der Waals surface area contributed by atoms with Crippen LogP contribution in [0.15, 0.2) is 145 Å². The first-order chi connectivity index (χ1) is 16.4. The highest BCUT2D eigenvalue weighted by atomic mass is 14.1. The molecule has 0 nitrogen and oxygen atoms in total. The summed E-state index contributed by atoms with van der Waals surface area (Å²) in [4.78, 5) is 0. The number of allylic oxidation sites excluding steroid dienone is 10. The van der Waals surface area contributed by atoms with E-state index in [4.69, 9.17) is 0 Å². The van der Waals surface area contributed by atoms with Gasteiger partial charge in [-0.2, -0.15) is 0 Å². The maximum Gasteiger partial charge on any atom is -0.00258 e. The van der Waals surface area contributed by atoms with E-state index < -0.39 is 0 Å². The molecule has 2 aromatic rings. The largest absolute Gasteiger partial charge is 0.0622 e. The minimum Gasteiger partial charge on any atom is -0.0622 e. The van der Waals surface area contributed by atoms with Crippen LogP contribution in [0, 0.1) is 0 Å². The second-order valence-electron chi connectivity index (χ2n) is 8.24. The Morgan fingerprint density at radius 3 is 1.70 bits per heavy atom. The molecule has 0 N–H and O–H groups in total. The van der Waals surface area contributed by atoms with E-state index in [1.807, 2.05) is 6.07 Å².